The first-order valence-corrected chi connectivity index (χ1v) is 7.26. The van der Waals surface area contributed by atoms with Gasteiger partial charge in [0.25, 0.3) is 0 Å². The predicted molar refractivity (Wildman–Crippen MR) is 76.4 cm³/mol. The number of amides is 1. The quantitative estimate of drug-likeness (QED) is 0.791. The second kappa shape index (κ2) is 6.05. The lowest BCUT2D eigenvalue weighted by Crippen LogP contribution is -2.54. The molecule has 0 spiro atoms. The zero-order chi connectivity index (χ0) is 13.9. The number of likely N-dealkylation sites (N-methyl/N-ethyl adjacent to an activating group) is 1. The van der Waals surface area contributed by atoms with Gasteiger partial charge in [-0.3, -0.25) is 4.79 Å². The fourth-order valence-electron chi connectivity index (χ4n) is 2.90. The molecule has 106 valence electrons. The maximum absolute atomic E-state index is 12.2. The molecule has 1 rings (SSSR count). The van der Waals surface area contributed by atoms with Gasteiger partial charge in [-0.1, -0.05) is 20.8 Å². The highest BCUT2D eigenvalue weighted by atomic mass is 16.2. The summed E-state index contributed by atoms with van der Waals surface area (Å²) in [5, 5.41) is 6.28. The Balaban J connectivity index is 2.51. The summed E-state index contributed by atoms with van der Waals surface area (Å²) in [6.45, 7) is 10.7. The molecule has 3 nitrogen and oxygen atoms in total. The number of carbonyl (C=O) groups is 1. The highest BCUT2D eigenvalue weighted by Gasteiger charge is 2.35. The molecule has 18 heavy (non-hydrogen) atoms. The molecule has 1 amide bonds. The average Bonchev–Trinajstić information content (AvgIpc) is 2.58. The van der Waals surface area contributed by atoms with E-state index in [2.05, 4.69) is 31.4 Å². The lowest BCUT2D eigenvalue weighted by Gasteiger charge is -2.27. The third-order valence-electron chi connectivity index (χ3n) is 4.29. The molecule has 0 bridgehead atoms. The van der Waals surface area contributed by atoms with Crippen molar-refractivity contribution in [3.8, 4) is 0 Å². The van der Waals surface area contributed by atoms with E-state index in [0.29, 0.717) is 12.0 Å². The van der Waals surface area contributed by atoms with E-state index in [1.165, 1.54) is 12.8 Å². The molecule has 0 aliphatic heterocycles. The van der Waals surface area contributed by atoms with Crippen molar-refractivity contribution in [3.05, 3.63) is 0 Å². The molecule has 0 heterocycles. The molecular formula is C15H30N2O. The Bertz CT molecular complexity index is 286. The van der Waals surface area contributed by atoms with Crippen molar-refractivity contribution in [3.63, 3.8) is 0 Å². The maximum Gasteiger partial charge on any atom is 0.239 e. The highest BCUT2D eigenvalue weighted by molar-refractivity contribution is 5.85. The Hall–Kier alpha value is -0.570. The SMILES string of the molecule is CNC(C)(C)C(=O)NC1CC(CC(C)C)CC1C. The van der Waals surface area contributed by atoms with Gasteiger partial charge in [-0.05, 0) is 57.9 Å². The zero-order valence-electron chi connectivity index (χ0n) is 12.8. The summed E-state index contributed by atoms with van der Waals surface area (Å²) in [5.74, 6) is 2.26. The van der Waals surface area contributed by atoms with E-state index in [1.807, 2.05) is 20.9 Å². The Kier molecular flexibility index (Phi) is 5.20. The Morgan fingerprint density at radius 2 is 1.94 bits per heavy atom. The van der Waals surface area contributed by atoms with Gasteiger partial charge < -0.3 is 10.6 Å². The van der Waals surface area contributed by atoms with Gasteiger partial charge in [0.15, 0.2) is 0 Å². The maximum atomic E-state index is 12.2. The molecule has 0 aromatic carbocycles. The zero-order valence-corrected chi connectivity index (χ0v) is 12.8. The second-order valence-electron chi connectivity index (χ2n) is 6.90. The number of carbonyl (C=O) groups excluding carboxylic acids is 1. The molecule has 1 aliphatic rings. The fourth-order valence-corrected chi connectivity index (χ4v) is 2.90. The van der Waals surface area contributed by atoms with Gasteiger partial charge in [0.1, 0.15) is 0 Å². The summed E-state index contributed by atoms with van der Waals surface area (Å²) >= 11 is 0. The van der Waals surface area contributed by atoms with Crippen molar-refractivity contribution < 1.29 is 4.79 Å². The monoisotopic (exact) mass is 254 g/mol. The van der Waals surface area contributed by atoms with Crippen LogP contribution < -0.4 is 10.6 Å². The predicted octanol–water partition coefficient (Wildman–Crippen LogP) is 2.56. The highest BCUT2D eigenvalue weighted by Crippen LogP contribution is 2.35. The van der Waals surface area contributed by atoms with Crippen LogP contribution in [0, 0.1) is 17.8 Å². The van der Waals surface area contributed by atoms with Crippen LogP contribution in [0.15, 0.2) is 0 Å². The minimum Gasteiger partial charge on any atom is -0.352 e. The summed E-state index contributed by atoms with van der Waals surface area (Å²) in [4.78, 5) is 12.2. The molecule has 2 N–H and O–H groups in total. The van der Waals surface area contributed by atoms with Crippen LogP contribution in [0.25, 0.3) is 0 Å². The average molecular weight is 254 g/mol. The van der Waals surface area contributed by atoms with Crippen molar-refractivity contribution in [2.45, 2.75) is 65.5 Å². The van der Waals surface area contributed by atoms with Gasteiger partial charge in [-0.25, -0.2) is 0 Å². The number of rotatable bonds is 5. The van der Waals surface area contributed by atoms with E-state index >= 15 is 0 Å². The van der Waals surface area contributed by atoms with Crippen molar-refractivity contribution in [1.29, 1.82) is 0 Å². The van der Waals surface area contributed by atoms with E-state index in [0.717, 1.165) is 18.3 Å². The Morgan fingerprint density at radius 3 is 2.44 bits per heavy atom. The minimum absolute atomic E-state index is 0.118. The van der Waals surface area contributed by atoms with Crippen molar-refractivity contribution in [2.75, 3.05) is 7.05 Å². The van der Waals surface area contributed by atoms with Crippen LogP contribution in [0.4, 0.5) is 0 Å². The molecule has 1 saturated carbocycles. The largest absolute Gasteiger partial charge is 0.352 e. The van der Waals surface area contributed by atoms with Gasteiger partial charge in [-0.2, -0.15) is 0 Å². The van der Waals surface area contributed by atoms with Crippen molar-refractivity contribution >= 4 is 5.91 Å². The Morgan fingerprint density at radius 1 is 1.33 bits per heavy atom. The van der Waals surface area contributed by atoms with E-state index in [4.69, 9.17) is 0 Å². The summed E-state index contributed by atoms with van der Waals surface area (Å²) in [7, 11) is 1.83. The third-order valence-corrected chi connectivity index (χ3v) is 4.29. The smallest absolute Gasteiger partial charge is 0.239 e. The van der Waals surface area contributed by atoms with E-state index in [-0.39, 0.29) is 5.91 Å². The molecule has 3 heteroatoms. The standard InChI is InChI=1S/C15H30N2O/c1-10(2)7-12-8-11(3)13(9-12)17-14(18)15(4,5)16-6/h10-13,16H,7-9H2,1-6H3,(H,17,18). The lowest BCUT2D eigenvalue weighted by atomic mass is 9.95. The van der Waals surface area contributed by atoms with Crippen LogP contribution in [0.5, 0.6) is 0 Å². The van der Waals surface area contributed by atoms with Gasteiger partial charge in [0.2, 0.25) is 5.91 Å². The normalized spacial score (nSPS) is 28.7. The topological polar surface area (TPSA) is 41.1 Å². The molecule has 0 aromatic heterocycles. The fraction of sp³-hybridized carbons (Fsp3) is 0.933. The molecule has 1 aliphatic carbocycles. The van der Waals surface area contributed by atoms with Crippen LogP contribution in [-0.2, 0) is 4.79 Å². The van der Waals surface area contributed by atoms with Gasteiger partial charge >= 0.3 is 0 Å². The second-order valence-corrected chi connectivity index (χ2v) is 6.90. The summed E-state index contributed by atoms with van der Waals surface area (Å²) < 4.78 is 0. The molecular weight excluding hydrogens is 224 g/mol. The molecule has 3 unspecified atom stereocenters. The van der Waals surface area contributed by atoms with E-state index in [1.54, 1.807) is 0 Å². The summed E-state index contributed by atoms with van der Waals surface area (Å²) in [6.07, 6.45) is 3.68. The molecule has 1 fully saturated rings. The number of hydrogen-bond donors (Lipinski definition) is 2. The van der Waals surface area contributed by atoms with Crippen LogP contribution in [0.1, 0.15) is 53.9 Å². The van der Waals surface area contributed by atoms with Crippen molar-refractivity contribution in [2.24, 2.45) is 17.8 Å². The first-order valence-electron chi connectivity index (χ1n) is 7.26. The first-order chi connectivity index (χ1) is 8.26. The first kappa shape index (κ1) is 15.5. The molecule has 3 atom stereocenters. The Labute approximate surface area is 112 Å². The van der Waals surface area contributed by atoms with Crippen molar-refractivity contribution in [1.82, 2.24) is 10.6 Å². The van der Waals surface area contributed by atoms with Gasteiger partial charge in [-0.15, -0.1) is 0 Å². The summed E-state index contributed by atoms with van der Waals surface area (Å²) in [5.41, 5.74) is -0.476. The van der Waals surface area contributed by atoms with Crippen LogP contribution >= 0.6 is 0 Å². The van der Waals surface area contributed by atoms with Gasteiger partial charge in [0, 0.05) is 6.04 Å². The molecule has 0 aromatic rings. The number of hydrogen-bond acceptors (Lipinski definition) is 2. The summed E-state index contributed by atoms with van der Waals surface area (Å²) in [6, 6.07) is 0.355. The van der Waals surface area contributed by atoms with Gasteiger partial charge in [0.05, 0.1) is 5.54 Å². The van der Waals surface area contributed by atoms with Crippen LogP contribution in [0.3, 0.4) is 0 Å². The van der Waals surface area contributed by atoms with E-state index < -0.39 is 5.54 Å². The minimum atomic E-state index is -0.476. The molecule has 0 saturated heterocycles. The third kappa shape index (κ3) is 3.98. The number of nitrogens with one attached hydrogen (secondary N) is 2. The van der Waals surface area contributed by atoms with Crippen LogP contribution in [-0.4, -0.2) is 24.5 Å². The molecule has 0 radical (unpaired) electrons. The van der Waals surface area contributed by atoms with Crippen LogP contribution in [0.2, 0.25) is 0 Å². The van der Waals surface area contributed by atoms with E-state index in [9.17, 15) is 4.79 Å². The lowest BCUT2D eigenvalue weighted by molar-refractivity contribution is -0.127.